The van der Waals surface area contributed by atoms with Crippen molar-refractivity contribution in [2.75, 3.05) is 0 Å². The van der Waals surface area contributed by atoms with E-state index in [-0.39, 0.29) is 6.10 Å². The zero-order valence-electron chi connectivity index (χ0n) is 12.3. The second-order valence-corrected chi connectivity index (χ2v) is 5.03. The van der Waals surface area contributed by atoms with Gasteiger partial charge in [0.2, 0.25) is 0 Å². The van der Waals surface area contributed by atoms with Crippen LogP contribution in [0.1, 0.15) is 17.2 Å². The van der Waals surface area contributed by atoms with Crippen LogP contribution in [-0.4, -0.2) is 0 Å². The first-order chi connectivity index (χ1) is 10.9. The Bertz CT molecular complexity index is 703. The Labute approximate surface area is 131 Å². The highest BCUT2D eigenvalue weighted by molar-refractivity contribution is 5.50. The first kappa shape index (κ1) is 14.2. The molecule has 0 amide bonds. The van der Waals surface area contributed by atoms with Crippen molar-refractivity contribution < 1.29 is 4.74 Å². The monoisotopic (exact) mass is 286 g/mol. The summed E-state index contributed by atoms with van der Waals surface area (Å²) >= 11 is 0. The van der Waals surface area contributed by atoms with E-state index in [0.717, 1.165) is 11.3 Å². The minimum Gasteiger partial charge on any atom is -0.482 e. The van der Waals surface area contributed by atoms with Gasteiger partial charge in [-0.15, -0.1) is 0 Å². The van der Waals surface area contributed by atoms with Crippen LogP contribution >= 0.6 is 0 Å². The second-order valence-electron chi connectivity index (χ2n) is 5.03. The SMILES string of the molecule is C(=C\[C@H](Oc1ccccc1)c1ccccc1)/c1ccccc1. The van der Waals surface area contributed by atoms with Gasteiger partial charge in [0.25, 0.3) is 0 Å². The Morgan fingerprint density at radius 1 is 0.636 bits per heavy atom. The number of ether oxygens (including phenoxy) is 1. The predicted molar refractivity (Wildman–Crippen MR) is 91.7 cm³/mol. The zero-order chi connectivity index (χ0) is 15.0. The van der Waals surface area contributed by atoms with Crippen LogP contribution in [0, 0.1) is 0 Å². The van der Waals surface area contributed by atoms with Gasteiger partial charge >= 0.3 is 0 Å². The van der Waals surface area contributed by atoms with Gasteiger partial charge in [-0.3, -0.25) is 0 Å². The Morgan fingerprint density at radius 2 is 1.18 bits per heavy atom. The van der Waals surface area contributed by atoms with Crippen molar-refractivity contribution in [3.63, 3.8) is 0 Å². The molecule has 3 rings (SSSR count). The minimum atomic E-state index is -0.108. The molecule has 3 aromatic carbocycles. The van der Waals surface area contributed by atoms with Crippen LogP contribution in [-0.2, 0) is 0 Å². The van der Waals surface area contributed by atoms with Crippen molar-refractivity contribution in [2.24, 2.45) is 0 Å². The lowest BCUT2D eigenvalue weighted by atomic mass is 10.1. The molecule has 0 spiro atoms. The van der Waals surface area contributed by atoms with E-state index in [9.17, 15) is 0 Å². The van der Waals surface area contributed by atoms with Crippen LogP contribution < -0.4 is 4.74 Å². The van der Waals surface area contributed by atoms with Crippen molar-refractivity contribution in [1.29, 1.82) is 0 Å². The molecule has 3 aromatic rings. The number of benzene rings is 3. The molecule has 0 aliphatic heterocycles. The summed E-state index contributed by atoms with van der Waals surface area (Å²) in [6, 6.07) is 30.4. The number of para-hydroxylation sites is 1. The highest BCUT2D eigenvalue weighted by atomic mass is 16.5. The lowest BCUT2D eigenvalue weighted by Crippen LogP contribution is -2.04. The van der Waals surface area contributed by atoms with Crippen LogP contribution in [0.3, 0.4) is 0 Å². The standard InChI is InChI=1S/C21H18O/c1-4-10-18(11-5-1)16-17-21(19-12-6-2-7-13-19)22-20-14-8-3-9-15-20/h1-17,21H/b17-16+/t21-/m0/s1. The van der Waals surface area contributed by atoms with Gasteiger partial charge in [0, 0.05) is 0 Å². The van der Waals surface area contributed by atoms with Gasteiger partial charge in [-0.2, -0.15) is 0 Å². The van der Waals surface area contributed by atoms with E-state index >= 15 is 0 Å². The molecule has 0 aliphatic rings. The average molecular weight is 286 g/mol. The molecule has 0 heterocycles. The Balaban J connectivity index is 1.85. The predicted octanol–water partition coefficient (Wildman–Crippen LogP) is 5.52. The molecule has 1 nitrogen and oxygen atoms in total. The molecule has 108 valence electrons. The van der Waals surface area contributed by atoms with E-state index in [1.807, 2.05) is 66.7 Å². The fraction of sp³-hybridized carbons (Fsp3) is 0.0476. The molecule has 0 fully saturated rings. The molecule has 0 unspecified atom stereocenters. The molecule has 1 heteroatoms. The van der Waals surface area contributed by atoms with E-state index in [1.54, 1.807) is 0 Å². The highest BCUT2D eigenvalue weighted by Crippen LogP contribution is 2.23. The normalized spacial score (nSPS) is 12.2. The highest BCUT2D eigenvalue weighted by Gasteiger charge is 2.09. The maximum absolute atomic E-state index is 6.14. The van der Waals surface area contributed by atoms with Gasteiger partial charge in [-0.25, -0.2) is 0 Å². The Morgan fingerprint density at radius 3 is 1.82 bits per heavy atom. The summed E-state index contributed by atoms with van der Waals surface area (Å²) in [5, 5.41) is 0. The van der Waals surface area contributed by atoms with E-state index in [1.165, 1.54) is 5.56 Å². The fourth-order valence-corrected chi connectivity index (χ4v) is 2.27. The lowest BCUT2D eigenvalue weighted by Gasteiger charge is -2.16. The summed E-state index contributed by atoms with van der Waals surface area (Å²) < 4.78 is 6.14. The van der Waals surface area contributed by atoms with Crippen LogP contribution in [0.25, 0.3) is 6.08 Å². The summed E-state index contributed by atoms with van der Waals surface area (Å²) in [6.45, 7) is 0. The maximum Gasteiger partial charge on any atom is 0.142 e. The van der Waals surface area contributed by atoms with Gasteiger partial charge in [-0.05, 0) is 29.3 Å². The van der Waals surface area contributed by atoms with Gasteiger partial charge in [0.05, 0.1) is 0 Å². The largest absolute Gasteiger partial charge is 0.482 e. The van der Waals surface area contributed by atoms with E-state index in [4.69, 9.17) is 4.74 Å². The fourth-order valence-electron chi connectivity index (χ4n) is 2.27. The summed E-state index contributed by atoms with van der Waals surface area (Å²) in [7, 11) is 0. The van der Waals surface area contributed by atoms with Crippen LogP contribution in [0.5, 0.6) is 5.75 Å². The van der Waals surface area contributed by atoms with Crippen molar-refractivity contribution in [3.8, 4) is 5.75 Å². The third kappa shape index (κ3) is 3.86. The Kier molecular flexibility index (Phi) is 4.68. The maximum atomic E-state index is 6.14. The number of hydrogen-bond donors (Lipinski definition) is 0. The van der Waals surface area contributed by atoms with Gasteiger partial charge in [0.15, 0.2) is 0 Å². The number of rotatable bonds is 5. The third-order valence-electron chi connectivity index (χ3n) is 3.40. The molecule has 0 saturated carbocycles. The first-order valence-electron chi connectivity index (χ1n) is 7.42. The smallest absolute Gasteiger partial charge is 0.142 e. The molecule has 0 radical (unpaired) electrons. The molecule has 0 saturated heterocycles. The molecule has 0 aromatic heterocycles. The summed E-state index contributed by atoms with van der Waals surface area (Å²) in [6.07, 6.45) is 4.09. The van der Waals surface area contributed by atoms with Crippen molar-refractivity contribution in [2.45, 2.75) is 6.10 Å². The molecule has 0 N–H and O–H groups in total. The summed E-state index contributed by atoms with van der Waals surface area (Å²) in [5.41, 5.74) is 2.30. The quantitative estimate of drug-likeness (QED) is 0.600. The van der Waals surface area contributed by atoms with Crippen LogP contribution in [0.2, 0.25) is 0 Å². The van der Waals surface area contributed by atoms with E-state index in [2.05, 4.69) is 36.4 Å². The minimum absolute atomic E-state index is 0.108. The number of hydrogen-bond acceptors (Lipinski definition) is 1. The summed E-state index contributed by atoms with van der Waals surface area (Å²) in [5.74, 6) is 0.870. The molecular formula is C21H18O. The Hall–Kier alpha value is -2.80. The molecule has 1 atom stereocenters. The van der Waals surface area contributed by atoms with Crippen LogP contribution in [0.15, 0.2) is 97.1 Å². The van der Waals surface area contributed by atoms with Gasteiger partial charge in [-0.1, -0.05) is 84.9 Å². The molecule has 0 aliphatic carbocycles. The van der Waals surface area contributed by atoms with Crippen LogP contribution in [0.4, 0.5) is 0 Å². The van der Waals surface area contributed by atoms with Gasteiger partial charge < -0.3 is 4.74 Å². The molecule has 0 bridgehead atoms. The van der Waals surface area contributed by atoms with Crippen molar-refractivity contribution in [3.05, 3.63) is 108 Å². The summed E-state index contributed by atoms with van der Waals surface area (Å²) in [4.78, 5) is 0. The molecular weight excluding hydrogens is 268 g/mol. The first-order valence-corrected chi connectivity index (χ1v) is 7.42. The van der Waals surface area contributed by atoms with E-state index < -0.39 is 0 Å². The van der Waals surface area contributed by atoms with Crippen molar-refractivity contribution >= 4 is 6.08 Å². The third-order valence-corrected chi connectivity index (χ3v) is 3.40. The molecule has 22 heavy (non-hydrogen) atoms. The van der Waals surface area contributed by atoms with Gasteiger partial charge in [0.1, 0.15) is 11.9 Å². The topological polar surface area (TPSA) is 9.23 Å². The lowest BCUT2D eigenvalue weighted by molar-refractivity contribution is 0.256. The zero-order valence-corrected chi connectivity index (χ0v) is 12.3. The van der Waals surface area contributed by atoms with E-state index in [0.29, 0.717) is 0 Å². The van der Waals surface area contributed by atoms with Crippen molar-refractivity contribution in [1.82, 2.24) is 0 Å². The second kappa shape index (κ2) is 7.28. The average Bonchev–Trinajstić information content (AvgIpc) is 2.61.